The molecular formula is C11H13N3. The minimum absolute atomic E-state index is 0.866. The van der Waals surface area contributed by atoms with Gasteiger partial charge in [-0.05, 0) is 31.3 Å². The lowest BCUT2D eigenvalue weighted by Crippen LogP contribution is -2.04. The summed E-state index contributed by atoms with van der Waals surface area (Å²) in [7, 11) is 1.94. The van der Waals surface area contributed by atoms with Crippen LogP contribution in [-0.2, 0) is 6.54 Å². The molecule has 0 atom stereocenters. The van der Waals surface area contributed by atoms with Gasteiger partial charge in [-0.15, -0.1) is 0 Å². The Balaban J connectivity index is 2.25. The Morgan fingerprint density at radius 2 is 2.00 bits per heavy atom. The number of aromatic nitrogens is 2. The van der Waals surface area contributed by atoms with Gasteiger partial charge in [0.25, 0.3) is 0 Å². The van der Waals surface area contributed by atoms with Crippen molar-refractivity contribution in [2.45, 2.75) is 6.54 Å². The third-order valence-corrected chi connectivity index (χ3v) is 2.10. The summed E-state index contributed by atoms with van der Waals surface area (Å²) in [5.74, 6) is 0. The second-order valence-corrected chi connectivity index (χ2v) is 3.16. The van der Waals surface area contributed by atoms with Crippen molar-refractivity contribution in [1.29, 1.82) is 0 Å². The van der Waals surface area contributed by atoms with Gasteiger partial charge in [0, 0.05) is 35.9 Å². The Hall–Kier alpha value is -1.61. The molecule has 0 fully saturated rings. The van der Waals surface area contributed by atoms with Gasteiger partial charge < -0.3 is 10.3 Å². The predicted molar refractivity (Wildman–Crippen MR) is 56.8 cm³/mol. The van der Waals surface area contributed by atoms with Crippen LogP contribution >= 0.6 is 0 Å². The van der Waals surface area contributed by atoms with Crippen LogP contribution in [0, 0.1) is 0 Å². The first-order valence-electron chi connectivity index (χ1n) is 4.63. The number of nitrogens with one attached hydrogen (secondary N) is 2. The standard InChI is InChI=1S/C11H13N3/c1-12-8-10-2-3-11(14-10)9-4-6-13-7-5-9/h2-7,12,14H,8H2,1H3. The Labute approximate surface area is 83.2 Å². The fourth-order valence-corrected chi connectivity index (χ4v) is 1.43. The lowest BCUT2D eigenvalue weighted by Gasteiger charge is -1.97. The number of pyridine rings is 1. The number of aromatic amines is 1. The lowest BCUT2D eigenvalue weighted by atomic mass is 10.2. The van der Waals surface area contributed by atoms with Crippen LogP contribution < -0.4 is 5.32 Å². The van der Waals surface area contributed by atoms with E-state index in [2.05, 4.69) is 27.4 Å². The van der Waals surface area contributed by atoms with Crippen molar-refractivity contribution in [2.24, 2.45) is 0 Å². The molecule has 2 rings (SSSR count). The summed E-state index contributed by atoms with van der Waals surface area (Å²) in [6, 6.07) is 8.16. The quantitative estimate of drug-likeness (QED) is 0.769. The van der Waals surface area contributed by atoms with Gasteiger partial charge in [-0.3, -0.25) is 4.98 Å². The van der Waals surface area contributed by atoms with Crippen molar-refractivity contribution in [3.8, 4) is 11.3 Å². The summed E-state index contributed by atoms with van der Waals surface area (Å²) in [4.78, 5) is 7.33. The van der Waals surface area contributed by atoms with Gasteiger partial charge in [0.2, 0.25) is 0 Å². The van der Waals surface area contributed by atoms with E-state index in [0.717, 1.165) is 12.2 Å². The minimum atomic E-state index is 0.866. The van der Waals surface area contributed by atoms with E-state index in [1.54, 1.807) is 12.4 Å². The van der Waals surface area contributed by atoms with Gasteiger partial charge in [0.05, 0.1) is 0 Å². The average Bonchev–Trinajstić information content (AvgIpc) is 2.68. The largest absolute Gasteiger partial charge is 0.357 e. The van der Waals surface area contributed by atoms with Crippen molar-refractivity contribution in [2.75, 3.05) is 7.05 Å². The van der Waals surface area contributed by atoms with E-state index >= 15 is 0 Å². The molecule has 0 saturated carbocycles. The first-order valence-corrected chi connectivity index (χ1v) is 4.63. The highest BCUT2D eigenvalue weighted by molar-refractivity contribution is 5.58. The zero-order chi connectivity index (χ0) is 9.80. The normalized spacial score (nSPS) is 10.4. The summed E-state index contributed by atoms with van der Waals surface area (Å²) in [6.07, 6.45) is 3.60. The Kier molecular flexibility index (Phi) is 2.60. The molecule has 3 heteroatoms. The summed E-state index contributed by atoms with van der Waals surface area (Å²) in [5, 5.41) is 3.11. The van der Waals surface area contributed by atoms with Crippen LogP contribution in [0.2, 0.25) is 0 Å². The molecule has 0 aliphatic heterocycles. The molecule has 0 saturated heterocycles. The molecule has 2 aromatic heterocycles. The summed E-state index contributed by atoms with van der Waals surface area (Å²) < 4.78 is 0. The summed E-state index contributed by atoms with van der Waals surface area (Å²) in [5.41, 5.74) is 3.50. The van der Waals surface area contributed by atoms with Crippen molar-refractivity contribution < 1.29 is 0 Å². The molecule has 0 bridgehead atoms. The highest BCUT2D eigenvalue weighted by Gasteiger charge is 1.99. The molecular weight excluding hydrogens is 174 g/mol. The SMILES string of the molecule is CNCc1ccc(-c2ccncc2)[nH]1. The first kappa shape index (κ1) is 8.97. The molecule has 72 valence electrons. The minimum Gasteiger partial charge on any atom is -0.357 e. The molecule has 0 amide bonds. The second kappa shape index (κ2) is 4.07. The van der Waals surface area contributed by atoms with E-state index < -0.39 is 0 Å². The fourth-order valence-electron chi connectivity index (χ4n) is 1.43. The molecule has 3 nitrogen and oxygen atoms in total. The van der Waals surface area contributed by atoms with E-state index in [1.165, 1.54) is 11.3 Å². The van der Waals surface area contributed by atoms with Gasteiger partial charge in [0.15, 0.2) is 0 Å². The van der Waals surface area contributed by atoms with Crippen molar-refractivity contribution in [3.05, 3.63) is 42.4 Å². The monoisotopic (exact) mass is 187 g/mol. The molecule has 0 radical (unpaired) electrons. The van der Waals surface area contributed by atoms with E-state index in [1.807, 2.05) is 19.2 Å². The van der Waals surface area contributed by atoms with Gasteiger partial charge >= 0.3 is 0 Å². The third-order valence-electron chi connectivity index (χ3n) is 2.10. The van der Waals surface area contributed by atoms with Crippen LogP contribution in [0.3, 0.4) is 0 Å². The maximum Gasteiger partial charge on any atom is 0.0457 e. The molecule has 2 N–H and O–H groups in total. The number of hydrogen-bond donors (Lipinski definition) is 2. The van der Waals surface area contributed by atoms with E-state index in [-0.39, 0.29) is 0 Å². The zero-order valence-corrected chi connectivity index (χ0v) is 8.12. The predicted octanol–water partition coefficient (Wildman–Crippen LogP) is 1.80. The van der Waals surface area contributed by atoms with Crippen molar-refractivity contribution >= 4 is 0 Å². The first-order chi connectivity index (χ1) is 6.90. The maximum atomic E-state index is 3.99. The Bertz CT molecular complexity index is 392. The van der Waals surface area contributed by atoms with Crippen LogP contribution in [0.4, 0.5) is 0 Å². The van der Waals surface area contributed by atoms with Crippen LogP contribution in [0.5, 0.6) is 0 Å². The summed E-state index contributed by atoms with van der Waals surface area (Å²) >= 11 is 0. The second-order valence-electron chi connectivity index (χ2n) is 3.16. The number of nitrogens with zero attached hydrogens (tertiary/aromatic N) is 1. The van der Waals surface area contributed by atoms with E-state index in [4.69, 9.17) is 0 Å². The molecule has 0 aliphatic rings. The molecule has 14 heavy (non-hydrogen) atoms. The van der Waals surface area contributed by atoms with Crippen LogP contribution in [0.15, 0.2) is 36.7 Å². The molecule has 0 aliphatic carbocycles. The fraction of sp³-hybridized carbons (Fsp3) is 0.182. The number of hydrogen-bond acceptors (Lipinski definition) is 2. The Morgan fingerprint density at radius 1 is 1.21 bits per heavy atom. The maximum absolute atomic E-state index is 3.99. The molecule has 2 aromatic rings. The van der Waals surface area contributed by atoms with Crippen LogP contribution in [-0.4, -0.2) is 17.0 Å². The van der Waals surface area contributed by atoms with Gasteiger partial charge in [-0.1, -0.05) is 0 Å². The molecule has 2 heterocycles. The summed E-state index contributed by atoms with van der Waals surface area (Å²) in [6.45, 7) is 0.866. The van der Waals surface area contributed by atoms with Crippen LogP contribution in [0.1, 0.15) is 5.69 Å². The number of H-pyrrole nitrogens is 1. The molecule has 0 spiro atoms. The average molecular weight is 187 g/mol. The third kappa shape index (κ3) is 1.83. The smallest absolute Gasteiger partial charge is 0.0457 e. The van der Waals surface area contributed by atoms with Crippen LogP contribution in [0.25, 0.3) is 11.3 Å². The number of rotatable bonds is 3. The van der Waals surface area contributed by atoms with Gasteiger partial charge in [-0.25, -0.2) is 0 Å². The molecule has 0 aromatic carbocycles. The zero-order valence-electron chi connectivity index (χ0n) is 8.12. The highest BCUT2D eigenvalue weighted by atomic mass is 14.9. The van der Waals surface area contributed by atoms with E-state index in [0.29, 0.717) is 0 Å². The lowest BCUT2D eigenvalue weighted by molar-refractivity contribution is 0.798. The highest BCUT2D eigenvalue weighted by Crippen LogP contribution is 2.16. The topological polar surface area (TPSA) is 40.7 Å². The van der Waals surface area contributed by atoms with Gasteiger partial charge in [-0.2, -0.15) is 0 Å². The van der Waals surface area contributed by atoms with E-state index in [9.17, 15) is 0 Å². The Morgan fingerprint density at radius 3 is 2.71 bits per heavy atom. The van der Waals surface area contributed by atoms with Crippen molar-refractivity contribution in [3.63, 3.8) is 0 Å². The van der Waals surface area contributed by atoms with Gasteiger partial charge in [0.1, 0.15) is 0 Å². The van der Waals surface area contributed by atoms with Crippen molar-refractivity contribution in [1.82, 2.24) is 15.3 Å². The molecule has 0 unspecified atom stereocenters.